The summed E-state index contributed by atoms with van der Waals surface area (Å²) >= 11 is 1.57. The molecule has 0 unspecified atom stereocenters. The van der Waals surface area contributed by atoms with Crippen molar-refractivity contribution in [1.82, 2.24) is 4.72 Å². The highest BCUT2D eigenvalue weighted by atomic mass is 32.2. The summed E-state index contributed by atoms with van der Waals surface area (Å²) in [6.45, 7) is 1.73. The van der Waals surface area contributed by atoms with Crippen molar-refractivity contribution >= 4 is 27.7 Å². The predicted molar refractivity (Wildman–Crippen MR) is 63.2 cm³/mol. The number of amides is 1. The van der Waals surface area contributed by atoms with Crippen LogP contribution in [0.2, 0.25) is 0 Å². The molecule has 0 radical (unpaired) electrons. The molecule has 15 heavy (non-hydrogen) atoms. The van der Waals surface area contributed by atoms with Crippen LogP contribution >= 0.6 is 11.8 Å². The van der Waals surface area contributed by atoms with E-state index in [0.29, 0.717) is 12.8 Å². The van der Waals surface area contributed by atoms with Gasteiger partial charge >= 0.3 is 0 Å². The van der Waals surface area contributed by atoms with Crippen LogP contribution in [0.15, 0.2) is 0 Å². The first kappa shape index (κ1) is 14.7. The Hall–Kier alpha value is -0.270. The van der Waals surface area contributed by atoms with Crippen LogP contribution in [-0.4, -0.2) is 38.1 Å². The van der Waals surface area contributed by atoms with Gasteiger partial charge in [0.25, 0.3) is 0 Å². The molecular formula is C8H18N2O3S2. The van der Waals surface area contributed by atoms with Gasteiger partial charge in [-0.05, 0) is 24.9 Å². The van der Waals surface area contributed by atoms with Crippen LogP contribution in [-0.2, 0) is 14.8 Å². The predicted octanol–water partition coefficient (Wildman–Crippen LogP) is -0.0772. The highest BCUT2D eigenvalue weighted by Crippen LogP contribution is 1.99. The van der Waals surface area contributed by atoms with E-state index in [0.717, 1.165) is 5.75 Å². The smallest absolute Gasteiger partial charge is 0.250 e. The molecule has 0 aliphatic heterocycles. The third-order valence-electron chi connectivity index (χ3n) is 1.70. The van der Waals surface area contributed by atoms with Gasteiger partial charge in [-0.1, -0.05) is 6.92 Å². The van der Waals surface area contributed by atoms with Crippen molar-refractivity contribution in [2.75, 3.05) is 17.8 Å². The Bertz CT molecular complexity index is 290. The van der Waals surface area contributed by atoms with Crippen molar-refractivity contribution in [3.05, 3.63) is 0 Å². The van der Waals surface area contributed by atoms with E-state index in [1.54, 1.807) is 18.7 Å². The van der Waals surface area contributed by atoms with Crippen molar-refractivity contribution in [1.29, 1.82) is 0 Å². The monoisotopic (exact) mass is 254 g/mol. The average molecular weight is 254 g/mol. The van der Waals surface area contributed by atoms with Crippen LogP contribution in [0, 0.1) is 0 Å². The average Bonchev–Trinajstić information content (AvgIpc) is 2.13. The Morgan fingerprint density at radius 1 is 1.53 bits per heavy atom. The van der Waals surface area contributed by atoms with Gasteiger partial charge in [0, 0.05) is 0 Å². The largest absolute Gasteiger partial charge is 0.320 e. The standard InChI is InChI=1S/C8H18N2O3S2/c1-3-6-15(12,13)10-8(11)7(9)4-5-14-2/h7H,3-6,9H2,1-2H3,(H,10,11)/t7-/m1/s1. The van der Waals surface area contributed by atoms with E-state index in [2.05, 4.69) is 0 Å². The zero-order valence-corrected chi connectivity index (χ0v) is 10.7. The molecule has 7 heteroatoms. The Morgan fingerprint density at radius 2 is 2.13 bits per heavy atom. The lowest BCUT2D eigenvalue weighted by atomic mass is 10.2. The minimum absolute atomic E-state index is 0.0476. The molecule has 0 saturated heterocycles. The first-order valence-corrected chi connectivity index (χ1v) is 7.76. The van der Waals surface area contributed by atoms with E-state index < -0.39 is 22.0 Å². The quantitative estimate of drug-likeness (QED) is 0.663. The van der Waals surface area contributed by atoms with Crippen molar-refractivity contribution in [2.45, 2.75) is 25.8 Å². The second-order valence-corrected chi connectivity index (χ2v) is 6.00. The first-order valence-electron chi connectivity index (χ1n) is 4.71. The second kappa shape index (κ2) is 7.08. The highest BCUT2D eigenvalue weighted by Gasteiger charge is 2.18. The zero-order chi connectivity index (χ0) is 11.9. The maximum atomic E-state index is 11.3. The van der Waals surface area contributed by atoms with Gasteiger partial charge in [-0.15, -0.1) is 0 Å². The molecule has 0 spiro atoms. The number of thioether (sulfide) groups is 1. The van der Waals surface area contributed by atoms with Gasteiger partial charge in [-0.2, -0.15) is 11.8 Å². The summed E-state index contributed by atoms with van der Waals surface area (Å²) in [6, 6.07) is -0.746. The molecule has 0 aliphatic rings. The molecule has 0 heterocycles. The Morgan fingerprint density at radius 3 is 2.60 bits per heavy atom. The van der Waals surface area contributed by atoms with E-state index in [1.165, 1.54) is 0 Å². The van der Waals surface area contributed by atoms with Gasteiger partial charge in [-0.3, -0.25) is 9.52 Å². The molecule has 1 atom stereocenters. The first-order chi connectivity index (χ1) is 6.93. The molecule has 3 N–H and O–H groups in total. The van der Waals surface area contributed by atoms with Gasteiger partial charge in [0.15, 0.2) is 0 Å². The Kier molecular flexibility index (Phi) is 6.95. The molecule has 0 fully saturated rings. The SMILES string of the molecule is CCCS(=O)(=O)NC(=O)[C@H](N)CCSC. The molecule has 0 aromatic rings. The molecule has 0 rings (SSSR count). The summed E-state index contributed by atoms with van der Waals surface area (Å²) in [6.07, 6.45) is 2.86. The van der Waals surface area contributed by atoms with Gasteiger partial charge < -0.3 is 5.73 Å². The second-order valence-electron chi connectivity index (χ2n) is 3.17. The van der Waals surface area contributed by atoms with Crippen molar-refractivity contribution in [2.24, 2.45) is 5.73 Å². The normalized spacial score (nSPS) is 13.5. The lowest BCUT2D eigenvalue weighted by Crippen LogP contribution is -2.44. The van der Waals surface area contributed by atoms with Gasteiger partial charge in [-0.25, -0.2) is 8.42 Å². The maximum absolute atomic E-state index is 11.3. The van der Waals surface area contributed by atoms with Crippen molar-refractivity contribution in [3.8, 4) is 0 Å². The molecular weight excluding hydrogens is 236 g/mol. The van der Waals surface area contributed by atoms with Crippen LogP contribution in [0.25, 0.3) is 0 Å². The van der Waals surface area contributed by atoms with E-state index in [-0.39, 0.29) is 5.75 Å². The van der Waals surface area contributed by atoms with Crippen molar-refractivity contribution in [3.63, 3.8) is 0 Å². The maximum Gasteiger partial charge on any atom is 0.250 e. The van der Waals surface area contributed by atoms with E-state index >= 15 is 0 Å². The minimum atomic E-state index is -3.49. The lowest BCUT2D eigenvalue weighted by molar-refractivity contribution is -0.120. The number of nitrogens with one attached hydrogen (secondary N) is 1. The summed E-state index contributed by atoms with van der Waals surface area (Å²) in [5.74, 6) is 0.0774. The number of carbonyl (C=O) groups excluding carboxylic acids is 1. The van der Waals surface area contributed by atoms with Crippen LogP contribution < -0.4 is 10.5 Å². The molecule has 90 valence electrons. The van der Waals surface area contributed by atoms with Gasteiger partial charge in [0.1, 0.15) is 0 Å². The summed E-state index contributed by atoms with van der Waals surface area (Å²) in [7, 11) is -3.49. The molecule has 1 amide bonds. The molecule has 0 aliphatic carbocycles. The zero-order valence-electron chi connectivity index (χ0n) is 9.02. The fourth-order valence-corrected chi connectivity index (χ4v) is 2.51. The number of nitrogens with two attached hydrogens (primary N) is 1. The topological polar surface area (TPSA) is 89.3 Å². The molecule has 0 aromatic heterocycles. The van der Waals surface area contributed by atoms with Crippen molar-refractivity contribution < 1.29 is 13.2 Å². The Balaban J connectivity index is 4.12. The van der Waals surface area contributed by atoms with Crippen LogP contribution in [0.3, 0.4) is 0 Å². The number of carbonyl (C=O) groups is 1. The summed E-state index contributed by atoms with van der Waals surface area (Å²) in [5, 5.41) is 0. The fourth-order valence-electron chi connectivity index (χ4n) is 0.925. The molecule has 0 bridgehead atoms. The van der Waals surface area contributed by atoms with Crippen LogP contribution in [0.5, 0.6) is 0 Å². The molecule has 0 saturated carbocycles. The van der Waals surface area contributed by atoms with Crippen LogP contribution in [0.4, 0.5) is 0 Å². The van der Waals surface area contributed by atoms with Gasteiger partial charge in [0.2, 0.25) is 15.9 Å². The summed E-state index contributed by atoms with van der Waals surface area (Å²) in [5.41, 5.74) is 5.52. The number of hydrogen-bond acceptors (Lipinski definition) is 5. The molecule has 5 nitrogen and oxygen atoms in total. The minimum Gasteiger partial charge on any atom is -0.320 e. The fraction of sp³-hybridized carbons (Fsp3) is 0.875. The summed E-state index contributed by atoms with van der Waals surface area (Å²) < 4.78 is 24.4. The van der Waals surface area contributed by atoms with Gasteiger partial charge in [0.05, 0.1) is 11.8 Å². The lowest BCUT2D eigenvalue weighted by Gasteiger charge is -2.11. The number of hydrogen-bond donors (Lipinski definition) is 2. The third-order valence-corrected chi connectivity index (χ3v) is 3.80. The van der Waals surface area contributed by atoms with E-state index in [4.69, 9.17) is 5.73 Å². The molecule has 0 aromatic carbocycles. The third kappa shape index (κ3) is 6.75. The number of rotatable bonds is 7. The number of sulfonamides is 1. The van der Waals surface area contributed by atoms with E-state index in [9.17, 15) is 13.2 Å². The highest BCUT2D eigenvalue weighted by molar-refractivity contribution is 7.98. The Labute approximate surface area is 95.2 Å². The van der Waals surface area contributed by atoms with Crippen LogP contribution in [0.1, 0.15) is 19.8 Å². The van der Waals surface area contributed by atoms with E-state index in [1.807, 2.05) is 11.0 Å². The summed E-state index contributed by atoms with van der Waals surface area (Å²) in [4.78, 5) is 11.3.